The fourth-order valence-electron chi connectivity index (χ4n) is 2.73. The van der Waals surface area contributed by atoms with Gasteiger partial charge in [0.25, 0.3) is 0 Å². The molecule has 2 unspecified atom stereocenters. The molecule has 1 saturated heterocycles. The molecular formula is C14H18FN3O. The molecule has 0 radical (unpaired) electrons. The Labute approximate surface area is 111 Å². The van der Waals surface area contributed by atoms with Gasteiger partial charge in [0.2, 0.25) is 0 Å². The van der Waals surface area contributed by atoms with E-state index < -0.39 is 0 Å². The number of H-pyrrole nitrogens is 1. The van der Waals surface area contributed by atoms with E-state index in [2.05, 4.69) is 28.7 Å². The molecule has 1 N–H and O–H groups in total. The Kier molecular flexibility index (Phi) is 3.24. The molecule has 2 heterocycles. The van der Waals surface area contributed by atoms with Gasteiger partial charge in [-0.15, -0.1) is 0 Å². The van der Waals surface area contributed by atoms with Crippen LogP contribution in [0.25, 0.3) is 11.0 Å². The lowest BCUT2D eigenvalue weighted by atomic mass is 10.2. The van der Waals surface area contributed by atoms with Crippen molar-refractivity contribution < 1.29 is 9.13 Å². The first-order valence-corrected chi connectivity index (χ1v) is 6.62. The van der Waals surface area contributed by atoms with Crippen molar-refractivity contribution >= 4 is 11.0 Å². The minimum atomic E-state index is -0.240. The second-order valence-corrected chi connectivity index (χ2v) is 5.30. The van der Waals surface area contributed by atoms with Gasteiger partial charge in [0.15, 0.2) is 0 Å². The summed E-state index contributed by atoms with van der Waals surface area (Å²) in [5.74, 6) is 0.637. The molecule has 2 aromatic rings. The van der Waals surface area contributed by atoms with Crippen molar-refractivity contribution in [3.05, 3.63) is 29.8 Å². The minimum absolute atomic E-state index is 0.240. The van der Waals surface area contributed by atoms with Gasteiger partial charge >= 0.3 is 0 Å². The Morgan fingerprint density at radius 3 is 2.84 bits per heavy atom. The smallest absolute Gasteiger partial charge is 0.125 e. The number of benzene rings is 1. The highest BCUT2D eigenvalue weighted by Crippen LogP contribution is 2.16. The normalized spacial score (nSPS) is 25.0. The number of hydrogen-bond donors (Lipinski definition) is 1. The fourth-order valence-corrected chi connectivity index (χ4v) is 2.73. The molecule has 3 rings (SSSR count). The van der Waals surface area contributed by atoms with Crippen LogP contribution in [0.4, 0.5) is 4.39 Å². The van der Waals surface area contributed by atoms with Crippen molar-refractivity contribution in [1.82, 2.24) is 14.9 Å². The first-order chi connectivity index (χ1) is 9.10. The zero-order valence-electron chi connectivity index (χ0n) is 11.2. The van der Waals surface area contributed by atoms with E-state index in [-0.39, 0.29) is 18.0 Å². The average Bonchev–Trinajstić information content (AvgIpc) is 2.68. The molecule has 0 aliphatic carbocycles. The van der Waals surface area contributed by atoms with Crippen molar-refractivity contribution in [2.24, 2.45) is 0 Å². The Balaban J connectivity index is 1.77. The summed E-state index contributed by atoms with van der Waals surface area (Å²) in [6.45, 7) is 6.70. The highest BCUT2D eigenvalue weighted by molar-refractivity contribution is 5.74. The molecule has 4 nitrogen and oxygen atoms in total. The summed E-state index contributed by atoms with van der Waals surface area (Å²) in [7, 11) is 0. The molecule has 1 fully saturated rings. The van der Waals surface area contributed by atoms with Gasteiger partial charge in [0, 0.05) is 13.1 Å². The monoisotopic (exact) mass is 263 g/mol. The SMILES string of the molecule is CC1CN(Cc2nc3ccc(F)cc3[nH]2)CC(C)O1. The van der Waals surface area contributed by atoms with Crippen LogP contribution < -0.4 is 0 Å². The van der Waals surface area contributed by atoms with Crippen molar-refractivity contribution in [3.8, 4) is 0 Å². The van der Waals surface area contributed by atoms with Crippen LogP contribution in [-0.2, 0) is 11.3 Å². The van der Waals surface area contributed by atoms with Crippen LogP contribution in [0.2, 0.25) is 0 Å². The molecule has 1 aromatic heterocycles. The molecule has 102 valence electrons. The van der Waals surface area contributed by atoms with Gasteiger partial charge in [-0.1, -0.05) is 0 Å². The number of aromatic amines is 1. The lowest BCUT2D eigenvalue weighted by molar-refractivity contribution is -0.0710. The number of imidazole rings is 1. The second kappa shape index (κ2) is 4.90. The highest BCUT2D eigenvalue weighted by Gasteiger charge is 2.22. The number of ether oxygens (including phenoxy) is 1. The Morgan fingerprint density at radius 1 is 1.37 bits per heavy atom. The van der Waals surface area contributed by atoms with Crippen molar-refractivity contribution in [2.45, 2.75) is 32.6 Å². The zero-order valence-corrected chi connectivity index (χ0v) is 11.2. The van der Waals surface area contributed by atoms with Gasteiger partial charge in [-0.25, -0.2) is 9.37 Å². The van der Waals surface area contributed by atoms with E-state index in [1.54, 1.807) is 6.07 Å². The molecule has 2 atom stereocenters. The maximum Gasteiger partial charge on any atom is 0.125 e. The summed E-state index contributed by atoms with van der Waals surface area (Å²) in [6, 6.07) is 4.62. The number of rotatable bonds is 2. The van der Waals surface area contributed by atoms with Gasteiger partial charge in [-0.05, 0) is 32.0 Å². The van der Waals surface area contributed by atoms with E-state index in [1.165, 1.54) is 12.1 Å². The number of nitrogens with one attached hydrogen (secondary N) is 1. The topological polar surface area (TPSA) is 41.2 Å². The van der Waals surface area contributed by atoms with Gasteiger partial charge in [0.1, 0.15) is 11.6 Å². The van der Waals surface area contributed by atoms with Gasteiger partial charge in [-0.3, -0.25) is 4.90 Å². The number of nitrogens with zero attached hydrogens (tertiary/aromatic N) is 2. The molecule has 0 saturated carbocycles. The maximum atomic E-state index is 13.1. The lowest BCUT2D eigenvalue weighted by Gasteiger charge is -2.34. The number of fused-ring (bicyclic) bond motifs is 1. The Bertz CT molecular complexity index is 573. The minimum Gasteiger partial charge on any atom is -0.373 e. The van der Waals surface area contributed by atoms with E-state index in [0.717, 1.165) is 36.5 Å². The van der Waals surface area contributed by atoms with Crippen LogP contribution in [-0.4, -0.2) is 40.2 Å². The third-order valence-electron chi connectivity index (χ3n) is 3.36. The molecule has 0 bridgehead atoms. The van der Waals surface area contributed by atoms with Crippen LogP contribution in [0.5, 0.6) is 0 Å². The van der Waals surface area contributed by atoms with Gasteiger partial charge in [0.05, 0.1) is 29.8 Å². The summed E-state index contributed by atoms with van der Waals surface area (Å²) in [6.07, 6.45) is 0.483. The summed E-state index contributed by atoms with van der Waals surface area (Å²) < 4.78 is 18.8. The van der Waals surface area contributed by atoms with Crippen LogP contribution in [0.15, 0.2) is 18.2 Å². The molecule has 1 aliphatic heterocycles. The summed E-state index contributed by atoms with van der Waals surface area (Å²) in [5.41, 5.74) is 1.56. The maximum absolute atomic E-state index is 13.1. The fraction of sp³-hybridized carbons (Fsp3) is 0.500. The number of hydrogen-bond acceptors (Lipinski definition) is 3. The van der Waals surface area contributed by atoms with E-state index in [1.807, 2.05) is 0 Å². The van der Waals surface area contributed by atoms with Crippen molar-refractivity contribution in [1.29, 1.82) is 0 Å². The molecule has 5 heteroatoms. The zero-order chi connectivity index (χ0) is 13.4. The largest absolute Gasteiger partial charge is 0.373 e. The molecule has 1 aromatic carbocycles. The first kappa shape index (κ1) is 12.6. The van der Waals surface area contributed by atoms with Crippen LogP contribution in [0, 0.1) is 5.82 Å². The van der Waals surface area contributed by atoms with Gasteiger partial charge in [-0.2, -0.15) is 0 Å². The van der Waals surface area contributed by atoms with E-state index in [0.29, 0.717) is 0 Å². The van der Waals surface area contributed by atoms with E-state index in [4.69, 9.17) is 4.74 Å². The van der Waals surface area contributed by atoms with Crippen molar-refractivity contribution in [3.63, 3.8) is 0 Å². The summed E-state index contributed by atoms with van der Waals surface area (Å²) in [5, 5.41) is 0. The molecule has 1 aliphatic rings. The Hall–Kier alpha value is -1.46. The predicted octanol–water partition coefficient (Wildman–Crippen LogP) is 2.31. The molecule has 0 spiro atoms. The molecule has 19 heavy (non-hydrogen) atoms. The molecular weight excluding hydrogens is 245 g/mol. The highest BCUT2D eigenvalue weighted by atomic mass is 19.1. The number of aromatic nitrogens is 2. The third-order valence-corrected chi connectivity index (χ3v) is 3.36. The van der Waals surface area contributed by atoms with E-state index in [9.17, 15) is 4.39 Å². The Morgan fingerprint density at radius 2 is 2.11 bits per heavy atom. The average molecular weight is 263 g/mol. The quantitative estimate of drug-likeness (QED) is 0.904. The van der Waals surface area contributed by atoms with Crippen LogP contribution in [0.1, 0.15) is 19.7 Å². The summed E-state index contributed by atoms with van der Waals surface area (Å²) in [4.78, 5) is 9.99. The first-order valence-electron chi connectivity index (χ1n) is 6.62. The van der Waals surface area contributed by atoms with Crippen LogP contribution >= 0.6 is 0 Å². The van der Waals surface area contributed by atoms with Gasteiger partial charge < -0.3 is 9.72 Å². The van der Waals surface area contributed by atoms with E-state index >= 15 is 0 Å². The van der Waals surface area contributed by atoms with Crippen molar-refractivity contribution in [2.75, 3.05) is 13.1 Å². The summed E-state index contributed by atoms with van der Waals surface area (Å²) >= 11 is 0. The lowest BCUT2D eigenvalue weighted by Crippen LogP contribution is -2.44. The van der Waals surface area contributed by atoms with Crippen LogP contribution in [0.3, 0.4) is 0 Å². The second-order valence-electron chi connectivity index (χ2n) is 5.30. The number of morpholine rings is 1. The third kappa shape index (κ3) is 2.77. The predicted molar refractivity (Wildman–Crippen MR) is 71.3 cm³/mol. The number of halogens is 1. The standard InChI is InChI=1S/C14H18FN3O/c1-9-6-18(7-10(2)19-9)8-14-16-12-4-3-11(15)5-13(12)17-14/h3-5,9-10H,6-8H2,1-2H3,(H,16,17). The molecule has 0 amide bonds.